The molecule has 0 aliphatic carbocycles. The molecule has 0 fully saturated rings. The van der Waals surface area contributed by atoms with E-state index in [4.69, 9.17) is 10.2 Å². The molecule has 0 aromatic rings. The molecule has 49 valence electrons. The van der Waals surface area contributed by atoms with E-state index in [0.29, 0.717) is 0 Å². The molecule has 1 unspecified atom stereocenters. The van der Waals surface area contributed by atoms with Gasteiger partial charge >= 0.3 is 0 Å². The van der Waals surface area contributed by atoms with Crippen LogP contribution in [0.1, 0.15) is 6.92 Å². The maximum atomic E-state index is 8.81. The predicted molar refractivity (Wildman–Crippen MR) is 29.0 cm³/mol. The summed E-state index contributed by atoms with van der Waals surface area (Å²) in [4.78, 5) is 0. The maximum Gasteiger partial charge on any atom is 0.186 e. The fourth-order valence-corrected chi connectivity index (χ4v) is 0.266. The fraction of sp³-hybridized carbons (Fsp3) is 0.800. The number of ether oxygens (including phenoxy) is 1. The molecular weight excluding hydrogens is 108 g/mol. The van der Waals surface area contributed by atoms with Crippen LogP contribution in [0.25, 0.3) is 0 Å². The van der Waals surface area contributed by atoms with E-state index >= 15 is 0 Å². The van der Waals surface area contributed by atoms with Gasteiger partial charge in [0.2, 0.25) is 0 Å². The zero-order valence-electron chi connectivity index (χ0n) is 4.92. The Hall–Kier alpha value is -0.120. The number of aliphatic hydroxyl groups excluding tert-OH is 1. The molecule has 0 aromatic heterocycles. The molecule has 2 N–H and O–H groups in total. The Morgan fingerprint density at radius 2 is 2.25 bits per heavy atom. The lowest BCUT2D eigenvalue weighted by Gasteiger charge is -2.18. The predicted octanol–water partition coefficient (Wildman–Crippen LogP) is -0.462. The third kappa shape index (κ3) is 2.96. The highest BCUT2D eigenvalue weighted by atomic mass is 16.6. The Balaban J connectivity index is 3.37. The van der Waals surface area contributed by atoms with Crippen molar-refractivity contribution in [1.29, 1.82) is 0 Å². The summed E-state index contributed by atoms with van der Waals surface area (Å²) in [6.45, 7) is 4.46. The first-order valence-corrected chi connectivity index (χ1v) is 2.39. The van der Waals surface area contributed by atoms with Crippen LogP contribution in [0.4, 0.5) is 0 Å². The van der Waals surface area contributed by atoms with Gasteiger partial charge in [0.05, 0.1) is 13.2 Å². The topological polar surface area (TPSA) is 49.7 Å². The summed E-state index contributed by atoms with van der Waals surface area (Å²) in [6, 6.07) is 0. The molecule has 8 heavy (non-hydrogen) atoms. The Labute approximate surface area is 48.9 Å². The van der Waals surface area contributed by atoms with Gasteiger partial charge < -0.3 is 14.9 Å². The second kappa shape index (κ2) is 3.02. The molecule has 0 amide bonds. The van der Waals surface area contributed by atoms with Crippen LogP contribution in [0, 0.1) is 6.92 Å². The first kappa shape index (κ1) is 7.88. The third-order valence-corrected chi connectivity index (χ3v) is 0.706. The molecule has 0 bridgehead atoms. The molecule has 0 aromatic carbocycles. The van der Waals surface area contributed by atoms with Crippen LogP contribution in [0.15, 0.2) is 0 Å². The summed E-state index contributed by atoms with van der Waals surface area (Å²) in [7, 11) is 0. The van der Waals surface area contributed by atoms with Gasteiger partial charge in [-0.25, -0.2) is 0 Å². The van der Waals surface area contributed by atoms with Crippen molar-refractivity contribution in [2.24, 2.45) is 0 Å². The number of rotatable bonds is 3. The van der Waals surface area contributed by atoms with Gasteiger partial charge in [-0.15, -0.1) is 0 Å². The molecule has 0 heterocycles. The lowest BCUT2D eigenvalue weighted by atomic mass is 10.3. The first-order chi connectivity index (χ1) is 3.62. The van der Waals surface area contributed by atoms with Gasteiger partial charge in [0, 0.05) is 0 Å². The molecule has 3 nitrogen and oxygen atoms in total. The van der Waals surface area contributed by atoms with Gasteiger partial charge in [-0.1, -0.05) is 0 Å². The minimum atomic E-state index is -1.41. The van der Waals surface area contributed by atoms with E-state index < -0.39 is 12.4 Å². The van der Waals surface area contributed by atoms with Crippen LogP contribution in [0.5, 0.6) is 0 Å². The van der Waals surface area contributed by atoms with E-state index in [0.717, 1.165) is 0 Å². The largest absolute Gasteiger partial charge is 0.391 e. The van der Waals surface area contributed by atoms with Gasteiger partial charge in [-0.3, -0.25) is 0 Å². The monoisotopic (exact) mass is 119 g/mol. The molecule has 0 saturated carbocycles. The van der Waals surface area contributed by atoms with Crippen molar-refractivity contribution in [2.45, 2.75) is 12.7 Å². The smallest absolute Gasteiger partial charge is 0.186 e. The van der Waals surface area contributed by atoms with Gasteiger partial charge in [0.15, 0.2) is 5.79 Å². The SMILES string of the molecule is [CH2]COC(C)(O)CO. The zero-order chi connectivity index (χ0) is 6.62. The van der Waals surface area contributed by atoms with E-state index in [2.05, 4.69) is 11.7 Å². The summed E-state index contributed by atoms with van der Waals surface area (Å²) < 4.78 is 4.57. The van der Waals surface area contributed by atoms with E-state index in [1.54, 1.807) is 0 Å². The molecule has 0 saturated heterocycles. The highest BCUT2D eigenvalue weighted by Crippen LogP contribution is 2.01. The lowest BCUT2D eigenvalue weighted by molar-refractivity contribution is -0.204. The zero-order valence-corrected chi connectivity index (χ0v) is 4.92. The maximum absolute atomic E-state index is 8.81. The first-order valence-electron chi connectivity index (χ1n) is 2.39. The summed E-state index contributed by atoms with van der Waals surface area (Å²) in [5.41, 5.74) is 0. The summed E-state index contributed by atoms with van der Waals surface area (Å²) in [6.07, 6.45) is 0. The average molecular weight is 119 g/mol. The van der Waals surface area contributed by atoms with Gasteiger partial charge in [0.25, 0.3) is 0 Å². The van der Waals surface area contributed by atoms with Crippen LogP contribution >= 0.6 is 0 Å². The van der Waals surface area contributed by atoms with Gasteiger partial charge in [0.1, 0.15) is 0 Å². The van der Waals surface area contributed by atoms with Crippen LogP contribution in [-0.4, -0.2) is 29.2 Å². The van der Waals surface area contributed by atoms with Crippen LogP contribution < -0.4 is 0 Å². The van der Waals surface area contributed by atoms with Crippen molar-refractivity contribution in [2.75, 3.05) is 13.2 Å². The molecule has 1 radical (unpaired) electrons. The molecule has 1 atom stereocenters. The average Bonchev–Trinajstić information content (AvgIpc) is 1.67. The van der Waals surface area contributed by atoms with Crippen molar-refractivity contribution in [3.05, 3.63) is 6.92 Å². The molecule has 0 aliphatic heterocycles. The second-order valence-corrected chi connectivity index (χ2v) is 1.68. The Bertz CT molecular complexity index is 60.7. The van der Waals surface area contributed by atoms with E-state index in [-0.39, 0.29) is 6.61 Å². The van der Waals surface area contributed by atoms with E-state index in [1.165, 1.54) is 6.92 Å². The number of aliphatic hydroxyl groups is 2. The standard InChI is InChI=1S/C5H11O3/c1-3-8-5(2,7)4-6/h6-7H,1,3-4H2,2H3. The van der Waals surface area contributed by atoms with Crippen LogP contribution in [-0.2, 0) is 4.74 Å². The second-order valence-electron chi connectivity index (χ2n) is 1.68. The summed E-state index contributed by atoms with van der Waals surface area (Å²) >= 11 is 0. The number of hydrogen-bond donors (Lipinski definition) is 2. The van der Waals surface area contributed by atoms with E-state index in [1.807, 2.05) is 0 Å². The van der Waals surface area contributed by atoms with Crippen molar-refractivity contribution in [3.8, 4) is 0 Å². The van der Waals surface area contributed by atoms with Crippen molar-refractivity contribution in [1.82, 2.24) is 0 Å². The van der Waals surface area contributed by atoms with Crippen molar-refractivity contribution in [3.63, 3.8) is 0 Å². The van der Waals surface area contributed by atoms with Crippen LogP contribution in [0.3, 0.4) is 0 Å². The minimum Gasteiger partial charge on any atom is -0.391 e. The third-order valence-electron chi connectivity index (χ3n) is 0.706. The van der Waals surface area contributed by atoms with Gasteiger partial charge in [-0.2, -0.15) is 0 Å². The Morgan fingerprint density at radius 1 is 1.75 bits per heavy atom. The summed E-state index contributed by atoms with van der Waals surface area (Å²) in [5, 5.41) is 17.1. The van der Waals surface area contributed by atoms with Crippen LogP contribution in [0.2, 0.25) is 0 Å². The minimum absolute atomic E-state index is 0.160. The molecular formula is C5H11O3. The molecule has 3 heteroatoms. The van der Waals surface area contributed by atoms with Crippen molar-refractivity contribution >= 4 is 0 Å². The highest BCUT2D eigenvalue weighted by Gasteiger charge is 2.17. The fourth-order valence-electron chi connectivity index (χ4n) is 0.266. The molecule has 0 spiro atoms. The molecule has 0 aliphatic rings. The highest BCUT2D eigenvalue weighted by molar-refractivity contribution is 4.55. The number of hydrogen-bond acceptors (Lipinski definition) is 3. The molecule has 0 rings (SSSR count). The normalized spacial score (nSPS) is 18.0. The van der Waals surface area contributed by atoms with E-state index in [9.17, 15) is 0 Å². The quantitative estimate of drug-likeness (QED) is 0.494. The Morgan fingerprint density at radius 3 is 2.38 bits per heavy atom. The summed E-state index contributed by atoms with van der Waals surface area (Å²) in [5.74, 6) is -1.41. The van der Waals surface area contributed by atoms with Crippen molar-refractivity contribution < 1.29 is 14.9 Å². The van der Waals surface area contributed by atoms with Gasteiger partial charge in [-0.05, 0) is 13.8 Å². The Kier molecular flexibility index (Phi) is 2.97. The lowest BCUT2D eigenvalue weighted by Crippen LogP contribution is -2.32.